The van der Waals surface area contributed by atoms with Crippen molar-refractivity contribution in [2.75, 3.05) is 9.80 Å². The van der Waals surface area contributed by atoms with Gasteiger partial charge < -0.3 is 9.80 Å². The number of benzene rings is 4. The van der Waals surface area contributed by atoms with Crippen LogP contribution >= 0.6 is 0 Å². The summed E-state index contributed by atoms with van der Waals surface area (Å²) in [6, 6.07) is 27.1. The number of nitrogens with zero attached hydrogens (tertiary/aromatic N) is 3. The van der Waals surface area contributed by atoms with Gasteiger partial charge in [-0.05, 0) is 97.8 Å². The molecule has 1 aliphatic rings. The van der Waals surface area contributed by atoms with Gasteiger partial charge in [-0.3, -0.25) is 19.7 Å². The van der Waals surface area contributed by atoms with Crippen LogP contribution in [-0.4, -0.2) is 22.8 Å². The molecule has 0 unspecified atom stereocenters. The molecule has 7 heteroatoms. The first-order valence-corrected chi connectivity index (χ1v) is 14.5. The van der Waals surface area contributed by atoms with Crippen molar-refractivity contribution >= 4 is 35.0 Å². The topological polar surface area (TPSA) is 83.8 Å². The Kier molecular flexibility index (Phi) is 8.53. The quantitative estimate of drug-likeness (QED) is 0.127. The summed E-state index contributed by atoms with van der Waals surface area (Å²) in [6.45, 7) is 8.11. The molecule has 0 saturated heterocycles. The zero-order chi connectivity index (χ0) is 30.7. The van der Waals surface area contributed by atoms with Crippen LogP contribution in [0.3, 0.4) is 0 Å². The van der Waals surface area contributed by atoms with Gasteiger partial charge in [0.25, 0.3) is 17.5 Å². The summed E-state index contributed by atoms with van der Waals surface area (Å²) < 4.78 is 0. The molecule has 4 aromatic rings. The highest BCUT2D eigenvalue weighted by atomic mass is 16.6. The van der Waals surface area contributed by atoms with Gasteiger partial charge in [0.05, 0.1) is 16.7 Å². The van der Waals surface area contributed by atoms with E-state index in [0.717, 1.165) is 34.5 Å². The maximum Gasteiger partial charge on any atom is 0.269 e. The number of fused-ring (bicyclic) bond motifs is 1. The number of nitro groups is 1. The standard InChI is InChI=1S/C36H35N3O4/c1-5-27-13-18-29(19-14-27)36(41)37-26(4)23-33(31-11-8-10-25(3)35(31)37)38(32-12-7-6-9-24(32)2)34(40)22-17-28-15-20-30(21-16-28)39(42)43/h6-22,26,33H,5,23H2,1-4H3/b22-17+/t26-,33-/m1/s1. The minimum Gasteiger partial charge on any atom is -0.305 e. The van der Waals surface area contributed by atoms with Crippen molar-refractivity contribution in [2.24, 2.45) is 0 Å². The van der Waals surface area contributed by atoms with Crippen molar-refractivity contribution < 1.29 is 14.5 Å². The first-order chi connectivity index (χ1) is 20.7. The molecule has 0 bridgehead atoms. The third kappa shape index (κ3) is 5.97. The number of carbonyl (C=O) groups is 2. The van der Waals surface area contributed by atoms with Crippen LogP contribution in [0.5, 0.6) is 0 Å². The van der Waals surface area contributed by atoms with Crippen LogP contribution in [0.25, 0.3) is 6.08 Å². The zero-order valence-electron chi connectivity index (χ0n) is 24.9. The average molecular weight is 574 g/mol. The lowest BCUT2D eigenvalue weighted by atomic mass is 9.87. The number of carbonyl (C=O) groups excluding carboxylic acids is 2. The number of rotatable bonds is 7. The molecule has 0 saturated carbocycles. The van der Waals surface area contributed by atoms with Crippen LogP contribution in [0.15, 0.2) is 97.1 Å². The summed E-state index contributed by atoms with van der Waals surface area (Å²) in [4.78, 5) is 42.4. The van der Waals surface area contributed by atoms with Gasteiger partial charge in [0.1, 0.15) is 0 Å². The average Bonchev–Trinajstić information content (AvgIpc) is 3.01. The first kappa shape index (κ1) is 29.5. The van der Waals surface area contributed by atoms with E-state index < -0.39 is 4.92 Å². The molecule has 0 fully saturated rings. The fraction of sp³-hybridized carbons (Fsp3) is 0.222. The summed E-state index contributed by atoms with van der Waals surface area (Å²) >= 11 is 0. The third-order valence-corrected chi connectivity index (χ3v) is 8.15. The molecule has 218 valence electrons. The summed E-state index contributed by atoms with van der Waals surface area (Å²) in [6.07, 6.45) is 4.64. The number of amides is 2. The fourth-order valence-corrected chi connectivity index (χ4v) is 5.85. The minimum atomic E-state index is -0.448. The maximum atomic E-state index is 14.1. The van der Waals surface area contributed by atoms with E-state index in [0.29, 0.717) is 17.5 Å². The third-order valence-electron chi connectivity index (χ3n) is 8.15. The van der Waals surface area contributed by atoms with Crippen molar-refractivity contribution in [3.05, 3.63) is 141 Å². The smallest absolute Gasteiger partial charge is 0.269 e. The number of para-hydroxylation sites is 2. The van der Waals surface area contributed by atoms with Crippen molar-refractivity contribution in [1.82, 2.24) is 0 Å². The zero-order valence-corrected chi connectivity index (χ0v) is 24.9. The minimum absolute atomic E-state index is 0.00593. The Bertz CT molecular complexity index is 1690. The number of aryl methyl sites for hydroxylation is 3. The van der Waals surface area contributed by atoms with E-state index in [1.54, 1.807) is 18.2 Å². The molecule has 0 aliphatic carbocycles. The van der Waals surface area contributed by atoms with Gasteiger partial charge in [-0.2, -0.15) is 0 Å². The van der Waals surface area contributed by atoms with Crippen molar-refractivity contribution in [3.8, 4) is 0 Å². The lowest BCUT2D eigenvalue weighted by Gasteiger charge is -2.44. The van der Waals surface area contributed by atoms with Crippen LogP contribution in [0.4, 0.5) is 17.1 Å². The number of anilines is 2. The lowest BCUT2D eigenvalue weighted by Crippen LogP contribution is -2.48. The van der Waals surface area contributed by atoms with Crippen molar-refractivity contribution in [3.63, 3.8) is 0 Å². The molecule has 0 spiro atoms. The molecular weight excluding hydrogens is 538 g/mol. The normalized spacial score (nSPS) is 16.1. The summed E-state index contributed by atoms with van der Waals surface area (Å²) in [7, 11) is 0. The van der Waals surface area contributed by atoms with Crippen LogP contribution in [0.2, 0.25) is 0 Å². The molecule has 1 heterocycles. The predicted molar refractivity (Wildman–Crippen MR) is 171 cm³/mol. The van der Waals surface area contributed by atoms with E-state index in [9.17, 15) is 19.7 Å². The van der Waals surface area contributed by atoms with E-state index in [-0.39, 0.29) is 29.6 Å². The molecule has 2 amide bonds. The fourth-order valence-electron chi connectivity index (χ4n) is 5.85. The highest BCUT2D eigenvalue weighted by molar-refractivity contribution is 6.09. The SMILES string of the molecule is CCc1ccc(C(=O)N2c3c(C)cccc3[C@H](N(C(=O)/C=C/c3ccc([N+](=O)[O-])cc3)c3ccccc3C)C[C@H]2C)cc1. The predicted octanol–water partition coefficient (Wildman–Crippen LogP) is 8.00. The van der Waals surface area contributed by atoms with E-state index in [1.807, 2.05) is 97.3 Å². The summed E-state index contributed by atoms with van der Waals surface area (Å²) in [5, 5.41) is 11.1. The van der Waals surface area contributed by atoms with Crippen LogP contribution in [0.1, 0.15) is 64.5 Å². The molecular formula is C36H35N3O4. The van der Waals surface area contributed by atoms with E-state index in [4.69, 9.17) is 0 Å². The second-order valence-electron chi connectivity index (χ2n) is 11.0. The number of nitro benzene ring substituents is 1. The largest absolute Gasteiger partial charge is 0.305 e. The van der Waals surface area contributed by atoms with Crippen LogP contribution in [0, 0.1) is 24.0 Å². The molecule has 43 heavy (non-hydrogen) atoms. The Hall–Kier alpha value is -5.04. The van der Waals surface area contributed by atoms with Crippen LogP contribution < -0.4 is 9.80 Å². The second-order valence-corrected chi connectivity index (χ2v) is 11.0. The van der Waals surface area contributed by atoms with Crippen LogP contribution in [-0.2, 0) is 11.2 Å². The Morgan fingerprint density at radius 1 is 0.930 bits per heavy atom. The van der Waals surface area contributed by atoms with Gasteiger partial charge >= 0.3 is 0 Å². The van der Waals surface area contributed by atoms with Gasteiger partial charge in [0.2, 0.25) is 0 Å². The van der Waals surface area contributed by atoms with Crippen molar-refractivity contribution in [1.29, 1.82) is 0 Å². The van der Waals surface area contributed by atoms with Gasteiger partial charge in [-0.1, -0.05) is 55.5 Å². The lowest BCUT2D eigenvalue weighted by molar-refractivity contribution is -0.384. The Balaban J connectivity index is 1.56. The van der Waals surface area contributed by atoms with E-state index in [2.05, 4.69) is 6.92 Å². The Morgan fingerprint density at radius 3 is 2.26 bits per heavy atom. The molecule has 0 radical (unpaired) electrons. The second kappa shape index (κ2) is 12.4. The molecule has 5 rings (SSSR count). The Labute approximate surface area is 252 Å². The van der Waals surface area contributed by atoms with E-state index in [1.165, 1.54) is 23.8 Å². The molecule has 4 aromatic carbocycles. The molecule has 0 aromatic heterocycles. The number of hydrogen-bond acceptors (Lipinski definition) is 4. The van der Waals surface area contributed by atoms with Gasteiger partial charge in [-0.15, -0.1) is 0 Å². The first-order valence-electron chi connectivity index (χ1n) is 14.5. The maximum absolute atomic E-state index is 14.1. The molecule has 7 nitrogen and oxygen atoms in total. The monoisotopic (exact) mass is 573 g/mol. The Morgan fingerprint density at radius 2 is 1.60 bits per heavy atom. The van der Waals surface area contributed by atoms with Gasteiger partial charge in [-0.25, -0.2) is 0 Å². The van der Waals surface area contributed by atoms with Crippen molar-refractivity contribution in [2.45, 2.75) is 52.6 Å². The summed E-state index contributed by atoms with van der Waals surface area (Å²) in [5.74, 6) is -0.275. The molecule has 1 aliphatic heterocycles. The molecule has 0 N–H and O–H groups in total. The summed E-state index contributed by atoms with van der Waals surface area (Å²) in [5.41, 5.74) is 6.95. The number of non-ortho nitro benzene ring substituents is 1. The van der Waals surface area contributed by atoms with Gasteiger partial charge in [0.15, 0.2) is 0 Å². The van der Waals surface area contributed by atoms with Gasteiger partial charge in [0, 0.05) is 35.5 Å². The molecule has 2 atom stereocenters. The number of hydrogen-bond donors (Lipinski definition) is 0. The highest BCUT2D eigenvalue weighted by Crippen LogP contribution is 2.45. The van der Waals surface area contributed by atoms with E-state index >= 15 is 0 Å². The highest BCUT2D eigenvalue weighted by Gasteiger charge is 2.39.